The molecule has 1 N–H and O–H groups in total. The SMILES string of the molecule is CCCC1CCCN(C(=S)NC2CCCCC2)CC1. The van der Waals surface area contributed by atoms with Crippen LogP contribution in [0.2, 0.25) is 0 Å². The highest BCUT2D eigenvalue weighted by molar-refractivity contribution is 7.80. The van der Waals surface area contributed by atoms with Gasteiger partial charge in [0.05, 0.1) is 0 Å². The van der Waals surface area contributed by atoms with E-state index in [0.29, 0.717) is 6.04 Å². The van der Waals surface area contributed by atoms with Crippen LogP contribution in [0.4, 0.5) is 0 Å². The average molecular weight is 282 g/mol. The average Bonchev–Trinajstić information content (AvgIpc) is 2.66. The number of rotatable bonds is 3. The third-order valence-electron chi connectivity index (χ3n) is 4.76. The van der Waals surface area contributed by atoms with Crippen molar-refractivity contribution >= 4 is 17.3 Å². The molecule has 0 aromatic carbocycles. The molecule has 0 radical (unpaired) electrons. The molecule has 0 aromatic rings. The van der Waals surface area contributed by atoms with Gasteiger partial charge in [0.15, 0.2) is 5.11 Å². The first-order chi connectivity index (χ1) is 9.29. The summed E-state index contributed by atoms with van der Waals surface area (Å²) in [6, 6.07) is 0.649. The maximum absolute atomic E-state index is 5.63. The molecule has 1 unspecified atom stereocenters. The molecule has 1 aliphatic heterocycles. The molecule has 0 bridgehead atoms. The van der Waals surface area contributed by atoms with E-state index in [1.165, 1.54) is 77.3 Å². The molecule has 1 heterocycles. The fourth-order valence-electron chi connectivity index (χ4n) is 3.58. The van der Waals surface area contributed by atoms with Crippen LogP contribution in [0.25, 0.3) is 0 Å². The zero-order valence-corrected chi connectivity index (χ0v) is 13.3. The van der Waals surface area contributed by atoms with E-state index < -0.39 is 0 Å². The molecule has 19 heavy (non-hydrogen) atoms. The van der Waals surface area contributed by atoms with Crippen molar-refractivity contribution < 1.29 is 0 Å². The molecule has 0 aromatic heterocycles. The second-order valence-electron chi connectivity index (χ2n) is 6.36. The van der Waals surface area contributed by atoms with Gasteiger partial charge in [-0.15, -0.1) is 0 Å². The van der Waals surface area contributed by atoms with E-state index in [4.69, 9.17) is 12.2 Å². The lowest BCUT2D eigenvalue weighted by Crippen LogP contribution is -2.45. The summed E-state index contributed by atoms with van der Waals surface area (Å²) in [6.45, 7) is 4.64. The maximum atomic E-state index is 5.63. The fourth-order valence-corrected chi connectivity index (χ4v) is 3.93. The first-order valence-corrected chi connectivity index (χ1v) is 8.76. The number of hydrogen-bond acceptors (Lipinski definition) is 1. The summed E-state index contributed by atoms with van der Waals surface area (Å²) in [4.78, 5) is 2.43. The van der Waals surface area contributed by atoms with Gasteiger partial charge in [-0.1, -0.05) is 39.0 Å². The Balaban J connectivity index is 1.75. The predicted octanol–water partition coefficient (Wildman–Crippen LogP) is 4.10. The summed E-state index contributed by atoms with van der Waals surface area (Å²) in [7, 11) is 0. The van der Waals surface area contributed by atoms with Gasteiger partial charge in [0.25, 0.3) is 0 Å². The van der Waals surface area contributed by atoms with Gasteiger partial charge < -0.3 is 10.2 Å². The van der Waals surface area contributed by atoms with Gasteiger partial charge in [0.1, 0.15) is 0 Å². The maximum Gasteiger partial charge on any atom is 0.169 e. The minimum atomic E-state index is 0.649. The molecular formula is C16H30N2S. The Bertz CT molecular complexity index is 274. The van der Waals surface area contributed by atoms with E-state index in [-0.39, 0.29) is 0 Å². The van der Waals surface area contributed by atoms with E-state index >= 15 is 0 Å². The summed E-state index contributed by atoms with van der Waals surface area (Å²) in [5.41, 5.74) is 0. The van der Waals surface area contributed by atoms with E-state index in [2.05, 4.69) is 17.1 Å². The standard InChI is InChI=1S/C16H30N2S/c1-2-7-14-8-6-12-18(13-11-14)16(19)17-15-9-4-3-5-10-15/h14-15H,2-13H2,1H3,(H,17,19). The molecule has 1 atom stereocenters. The van der Waals surface area contributed by atoms with E-state index in [1.54, 1.807) is 0 Å². The number of hydrogen-bond donors (Lipinski definition) is 1. The predicted molar refractivity (Wildman–Crippen MR) is 86.4 cm³/mol. The van der Waals surface area contributed by atoms with Crippen molar-refractivity contribution in [3.8, 4) is 0 Å². The van der Waals surface area contributed by atoms with Crippen LogP contribution in [0.3, 0.4) is 0 Å². The zero-order valence-electron chi connectivity index (χ0n) is 12.5. The van der Waals surface area contributed by atoms with Crippen molar-refractivity contribution in [3.05, 3.63) is 0 Å². The van der Waals surface area contributed by atoms with Crippen LogP contribution in [-0.4, -0.2) is 29.1 Å². The Hall–Kier alpha value is -0.310. The van der Waals surface area contributed by atoms with Crippen molar-refractivity contribution in [1.29, 1.82) is 0 Å². The molecule has 1 aliphatic carbocycles. The van der Waals surface area contributed by atoms with Gasteiger partial charge in [-0.05, 0) is 50.2 Å². The molecule has 1 saturated heterocycles. The minimum absolute atomic E-state index is 0.649. The van der Waals surface area contributed by atoms with Crippen LogP contribution < -0.4 is 5.32 Å². The molecule has 0 amide bonds. The molecule has 2 rings (SSSR count). The van der Waals surface area contributed by atoms with Crippen molar-refractivity contribution in [2.75, 3.05) is 13.1 Å². The van der Waals surface area contributed by atoms with E-state index in [0.717, 1.165) is 11.0 Å². The monoisotopic (exact) mass is 282 g/mol. The Morgan fingerprint density at radius 1 is 1.05 bits per heavy atom. The van der Waals surface area contributed by atoms with Crippen molar-refractivity contribution in [1.82, 2.24) is 10.2 Å². The van der Waals surface area contributed by atoms with Crippen LogP contribution in [0.1, 0.15) is 71.1 Å². The van der Waals surface area contributed by atoms with Crippen LogP contribution in [-0.2, 0) is 0 Å². The molecule has 2 aliphatic rings. The smallest absolute Gasteiger partial charge is 0.169 e. The van der Waals surface area contributed by atoms with Gasteiger partial charge in [-0.25, -0.2) is 0 Å². The highest BCUT2D eigenvalue weighted by atomic mass is 32.1. The van der Waals surface area contributed by atoms with Crippen LogP contribution in [0, 0.1) is 5.92 Å². The molecule has 0 spiro atoms. The lowest BCUT2D eigenvalue weighted by molar-refractivity contribution is 0.370. The summed E-state index contributed by atoms with van der Waals surface area (Å²) < 4.78 is 0. The van der Waals surface area contributed by atoms with Gasteiger partial charge in [-0.2, -0.15) is 0 Å². The molecule has 110 valence electrons. The molecule has 1 saturated carbocycles. The first-order valence-electron chi connectivity index (χ1n) is 8.35. The highest BCUT2D eigenvalue weighted by Crippen LogP contribution is 2.22. The van der Waals surface area contributed by atoms with Crippen LogP contribution >= 0.6 is 12.2 Å². The van der Waals surface area contributed by atoms with Crippen molar-refractivity contribution in [2.45, 2.75) is 77.2 Å². The summed E-state index contributed by atoms with van der Waals surface area (Å²) >= 11 is 5.63. The minimum Gasteiger partial charge on any atom is -0.360 e. The van der Waals surface area contributed by atoms with Crippen molar-refractivity contribution in [2.24, 2.45) is 5.92 Å². The summed E-state index contributed by atoms with van der Waals surface area (Å²) in [6.07, 6.45) is 13.6. The van der Waals surface area contributed by atoms with Gasteiger partial charge >= 0.3 is 0 Å². The third-order valence-corrected chi connectivity index (χ3v) is 5.14. The third kappa shape index (κ3) is 4.94. The lowest BCUT2D eigenvalue weighted by atomic mass is 9.96. The van der Waals surface area contributed by atoms with E-state index in [1.807, 2.05) is 0 Å². The number of nitrogens with zero attached hydrogens (tertiary/aromatic N) is 1. The topological polar surface area (TPSA) is 15.3 Å². The number of nitrogens with one attached hydrogen (secondary N) is 1. The van der Waals surface area contributed by atoms with Crippen LogP contribution in [0.5, 0.6) is 0 Å². The first kappa shape index (κ1) is 15.1. The molecular weight excluding hydrogens is 252 g/mol. The number of thiocarbonyl (C=S) groups is 1. The second-order valence-corrected chi connectivity index (χ2v) is 6.74. The van der Waals surface area contributed by atoms with Gasteiger partial charge in [0, 0.05) is 19.1 Å². The second kappa shape index (κ2) is 8.08. The fraction of sp³-hybridized carbons (Fsp3) is 0.938. The van der Waals surface area contributed by atoms with Crippen LogP contribution in [0.15, 0.2) is 0 Å². The van der Waals surface area contributed by atoms with Gasteiger partial charge in [0.2, 0.25) is 0 Å². The normalized spacial score (nSPS) is 25.9. The molecule has 2 fully saturated rings. The Labute approximate surface area is 124 Å². The summed E-state index contributed by atoms with van der Waals surface area (Å²) in [5.74, 6) is 0.937. The zero-order chi connectivity index (χ0) is 13.5. The molecule has 3 heteroatoms. The Kier molecular flexibility index (Phi) is 6.42. The number of likely N-dealkylation sites (tertiary alicyclic amines) is 1. The summed E-state index contributed by atoms with van der Waals surface area (Å²) in [5, 5.41) is 4.65. The highest BCUT2D eigenvalue weighted by Gasteiger charge is 2.20. The quantitative estimate of drug-likeness (QED) is 0.785. The van der Waals surface area contributed by atoms with Gasteiger partial charge in [-0.3, -0.25) is 0 Å². The van der Waals surface area contributed by atoms with Crippen molar-refractivity contribution in [3.63, 3.8) is 0 Å². The Morgan fingerprint density at radius 2 is 1.84 bits per heavy atom. The lowest BCUT2D eigenvalue weighted by Gasteiger charge is -2.30. The largest absolute Gasteiger partial charge is 0.360 e. The Morgan fingerprint density at radius 3 is 2.58 bits per heavy atom. The van der Waals surface area contributed by atoms with E-state index in [9.17, 15) is 0 Å². The molecule has 2 nitrogen and oxygen atoms in total.